The van der Waals surface area contributed by atoms with Crippen molar-refractivity contribution in [3.8, 4) is 0 Å². The van der Waals surface area contributed by atoms with Gasteiger partial charge in [0.15, 0.2) is 0 Å². The first kappa shape index (κ1) is 20.3. The van der Waals surface area contributed by atoms with Crippen molar-refractivity contribution in [2.75, 3.05) is 40.5 Å². The fourth-order valence-corrected chi connectivity index (χ4v) is 6.04. The molecule has 3 heterocycles. The van der Waals surface area contributed by atoms with E-state index >= 15 is 0 Å². The number of thiophene rings is 1. The molecule has 6 nitrogen and oxygen atoms in total. The number of nitrogens with zero attached hydrogens (tertiary/aromatic N) is 2. The summed E-state index contributed by atoms with van der Waals surface area (Å²) in [4.78, 5) is 30.9. The smallest absolute Gasteiger partial charge is 0.311 e. The van der Waals surface area contributed by atoms with Crippen molar-refractivity contribution in [2.45, 2.75) is 31.3 Å². The van der Waals surface area contributed by atoms with E-state index < -0.39 is 5.54 Å². The van der Waals surface area contributed by atoms with Crippen molar-refractivity contribution >= 4 is 33.3 Å². The van der Waals surface area contributed by atoms with Crippen molar-refractivity contribution in [3.63, 3.8) is 0 Å². The molecule has 1 unspecified atom stereocenters. The fourth-order valence-electron chi connectivity index (χ4n) is 4.94. The second-order valence-corrected chi connectivity index (χ2v) is 9.12. The van der Waals surface area contributed by atoms with Crippen LogP contribution in [0.2, 0.25) is 0 Å². The van der Waals surface area contributed by atoms with Crippen LogP contribution in [0.3, 0.4) is 0 Å². The Morgan fingerprint density at radius 1 is 1.24 bits per heavy atom. The van der Waals surface area contributed by atoms with Crippen LogP contribution in [0.25, 0.3) is 10.1 Å². The van der Waals surface area contributed by atoms with E-state index in [-0.39, 0.29) is 24.2 Å². The van der Waals surface area contributed by atoms with Crippen LogP contribution in [0.15, 0.2) is 30.3 Å². The Balaban J connectivity index is 1.49. The average Bonchev–Trinajstić information content (AvgIpc) is 3.26. The first-order valence-electron chi connectivity index (χ1n) is 10.1. The van der Waals surface area contributed by atoms with Crippen molar-refractivity contribution < 1.29 is 19.1 Å². The Hall–Kier alpha value is -1.96. The zero-order valence-electron chi connectivity index (χ0n) is 17.1. The molecule has 1 amide bonds. The number of hydrogen-bond acceptors (Lipinski definition) is 6. The van der Waals surface area contributed by atoms with Gasteiger partial charge in [0.05, 0.1) is 25.2 Å². The number of piperidine rings is 1. The Bertz CT molecular complexity index is 855. The average molecular weight is 417 g/mol. The highest BCUT2D eigenvalue weighted by Crippen LogP contribution is 2.44. The number of rotatable bonds is 6. The third-order valence-corrected chi connectivity index (χ3v) is 7.55. The predicted molar refractivity (Wildman–Crippen MR) is 113 cm³/mol. The van der Waals surface area contributed by atoms with Gasteiger partial charge in [-0.25, -0.2) is 0 Å². The zero-order valence-corrected chi connectivity index (χ0v) is 17.9. The summed E-state index contributed by atoms with van der Waals surface area (Å²) in [6.07, 6.45) is 1.81. The molecular weight excluding hydrogens is 388 g/mol. The molecule has 2 aliphatic heterocycles. The molecule has 156 valence electrons. The largest absolute Gasteiger partial charge is 0.469 e. The van der Waals surface area contributed by atoms with Gasteiger partial charge >= 0.3 is 5.97 Å². The van der Waals surface area contributed by atoms with E-state index in [1.807, 2.05) is 16.2 Å². The van der Waals surface area contributed by atoms with Gasteiger partial charge < -0.3 is 14.4 Å². The van der Waals surface area contributed by atoms with Gasteiger partial charge in [-0.05, 0) is 30.4 Å². The maximum Gasteiger partial charge on any atom is 0.311 e. The van der Waals surface area contributed by atoms with Crippen LogP contribution >= 0.6 is 11.3 Å². The summed E-state index contributed by atoms with van der Waals surface area (Å²) >= 11 is 1.84. The zero-order chi connectivity index (χ0) is 20.4. The molecule has 1 atom stereocenters. The summed E-state index contributed by atoms with van der Waals surface area (Å²) < 4.78 is 11.6. The van der Waals surface area contributed by atoms with Crippen LogP contribution in [0, 0.1) is 5.92 Å². The van der Waals surface area contributed by atoms with Gasteiger partial charge in [0.25, 0.3) is 0 Å². The summed E-state index contributed by atoms with van der Waals surface area (Å²) in [5.41, 5.74) is -0.445. The lowest BCUT2D eigenvalue weighted by atomic mass is 9.76. The molecule has 2 aromatic rings. The van der Waals surface area contributed by atoms with Gasteiger partial charge in [-0.3, -0.25) is 14.5 Å². The standard InChI is InChI=1S/C22H28N2O4S/c1-27-12-11-24-20(25)14-18(21(26)28-2)22(24)7-9-23(10-8-22)15-17-13-16-5-3-4-6-19(16)29-17/h3-6,13,18H,7-12,14-15H2,1-2H3. The van der Waals surface area contributed by atoms with Crippen molar-refractivity contribution in [3.05, 3.63) is 35.2 Å². The molecule has 0 N–H and O–H groups in total. The van der Waals surface area contributed by atoms with Gasteiger partial charge in [-0.15, -0.1) is 11.3 Å². The summed E-state index contributed by atoms with van der Waals surface area (Å²) in [6.45, 7) is 3.63. The molecule has 2 aliphatic rings. The number of ether oxygens (including phenoxy) is 2. The minimum atomic E-state index is -0.445. The van der Waals surface area contributed by atoms with E-state index in [1.54, 1.807) is 7.11 Å². The van der Waals surface area contributed by atoms with E-state index in [4.69, 9.17) is 9.47 Å². The molecule has 0 aliphatic carbocycles. The molecule has 1 spiro atoms. The number of amides is 1. The maximum atomic E-state index is 12.7. The summed E-state index contributed by atoms with van der Waals surface area (Å²) in [6, 6.07) is 10.7. The monoisotopic (exact) mass is 416 g/mol. The van der Waals surface area contributed by atoms with Gasteiger partial charge in [0, 0.05) is 49.3 Å². The third kappa shape index (κ3) is 3.79. The maximum absolute atomic E-state index is 12.7. The SMILES string of the molecule is COCCN1C(=O)CC(C(=O)OC)C12CCN(Cc1cc3ccccc3s1)CC2. The molecule has 29 heavy (non-hydrogen) atoms. The van der Waals surface area contributed by atoms with Crippen molar-refractivity contribution in [1.29, 1.82) is 0 Å². The summed E-state index contributed by atoms with van der Waals surface area (Å²) in [5.74, 6) is -0.616. The molecule has 1 aromatic heterocycles. The minimum absolute atomic E-state index is 0.0374. The number of fused-ring (bicyclic) bond motifs is 1. The fraction of sp³-hybridized carbons (Fsp3) is 0.545. The molecule has 1 aromatic carbocycles. The van der Waals surface area contributed by atoms with Gasteiger partial charge in [-0.2, -0.15) is 0 Å². The lowest BCUT2D eigenvalue weighted by Gasteiger charge is -2.47. The lowest BCUT2D eigenvalue weighted by Crippen LogP contribution is -2.58. The van der Waals surface area contributed by atoms with Crippen LogP contribution in [0.4, 0.5) is 0 Å². The molecule has 0 saturated carbocycles. The second kappa shape index (κ2) is 8.42. The number of carbonyl (C=O) groups excluding carboxylic acids is 2. The number of methoxy groups -OCH3 is 2. The van der Waals surface area contributed by atoms with Crippen molar-refractivity contribution in [2.24, 2.45) is 5.92 Å². The lowest BCUT2D eigenvalue weighted by molar-refractivity contribution is -0.150. The second-order valence-electron chi connectivity index (χ2n) is 7.95. The first-order valence-corrected chi connectivity index (χ1v) is 11.0. The van der Waals surface area contributed by atoms with Crippen molar-refractivity contribution in [1.82, 2.24) is 9.80 Å². The molecule has 2 saturated heterocycles. The summed E-state index contributed by atoms with van der Waals surface area (Å²) in [7, 11) is 3.05. The Labute approximate surface area is 175 Å². The molecule has 7 heteroatoms. The number of benzene rings is 1. The number of likely N-dealkylation sites (tertiary alicyclic amines) is 2. The third-order valence-electron chi connectivity index (χ3n) is 6.45. The van der Waals surface area contributed by atoms with Crippen LogP contribution in [-0.2, 0) is 25.6 Å². The van der Waals surface area contributed by atoms with E-state index in [2.05, 4.69) is 35.2 Å². The molecule has 0 radical (unpaired) electrons. The van der Waals surface area contributed by atoms with Crippen LogP contribution in [0.5, 0.6) is 0 Å². The van der Waals surface area contributed by atoms with Gasteiger partial charge in [0.1, 0.15) is 0 Å². The van der Waals surface area contributed by atoms with E-state index in [9.17, 15) is 9.59 Å². The molecule has 4 rings (SSSR count). The Kier molecular flexibility index (Phi) is 5.90. The molecule has 2 fully saturated rings. The highest BCUT2D eigenvalue weighted by atomic mass is 32.1. The number of hydrogen-bond donors (Lipinski definition) is 0. The molecular formula is C22H28N2O4S. The van der Waals surface area contributed by atoms with Gasteiger partial charge in [-0.1, -0.05) is 18.2 Å². The minimum Gasteiger partial charge on any atom is -0.469 e. The van der Waals surface area contributed by atoms with Crippen LogP contribution < -0.4 is 0 Å². The number of esters is 1. The molecule has 0 bridgehead atoms. The van der Waals surface area contributed by atoms with Crippen LogP contribution in [-0.4, -0.2) is 67.7 Å². The van der Waals surface area contributed by atoms with E-state index in [0.29, 0.717) is 13.2 Å². The Morgan fingerprint density at radius 2 is 2.00 bits per heavy atom. The highest BCUT2D eigenvalue weighted by molar-refractivity contribution is 7.19. The van der Waals surface area contributed by atoms with Crippen LogP contribution in [0.1, 0.15) is 24.1 Å². The first-order chi connectivity index (χ1) is 14.1. The van der Waals surface area contributed by atoms with E-state index in [0.717, 1.165) is 32.5 Å². The predicted octanol–water partition coefficient (Wildman–Crippen LogP) is 2.90. The number of carbonyl (C=O) groups is 2. The highest BCUT2D eigenvalue weighted by Gasteiger charge is 2.56. The normalized spacial score (nSPS) is 21.9. The topological polar surface area (TPSA) is 59.1 Å². The van der Waals surface area contributed by atoms with E-state index in [1.165, 1.54) is 22.1 Å². The van der Waals surface area contributed by atoms with Gasteiger partial charge in [0.2, 0.25) is 5.91 Å². The summed E-state index contributed by atoms with van der Waals surface area (Å²) in [5, 5.41) is 1.29. The quantitative estimate of drug-likeness (QED) is 0.678. The Morgan fingerprint density at radius 3 is 2.69 bits per heavy atom.